The first kappa shape index (κ1) is 95.4. The lowest BCUT2D eigenvalue weighted by atomic mass is 9.78. The number of aromatic nitrogens is 10. The first-order chi connectivity index (χ1) is 62.7. The van der Waals surface area contributed by atoms with E-state index in [1.807, 2.05) is 0 Å². The van der Waals surface area contributed by atoms with Crippen LogP contribution in [0.1, 0.15) is 339 Å². The summed E-state index contributed by atoms with van der Waals surface area (Å²) < 4.78 is 0. The van der Waals surface area contributed by atoms with Crippen LogP contribution < -0.4 is 11.5 Å². The molecule has 7 aromatic heterocycles. The summed E-state index contributed by atoms with van der Waals surface area (Å²) in [5.41, 5.74) is 52.9. The zero-order chi connectivity index (χ0) is 98.8. The fourth-order valence-corrected chi connectivity index (χ4v) is 19.0. The van der Waals surface area contributed by atoms with E-state index in [2.05, 4.69) is 451 Å². The molecule has 0 unspecified atom stereocenters. The van der Waals surface area contributed by atoms with Crippen molar-refractivity contribution in [1.82, 2.24) is 49.8 Å². The summed E-state index contributed by atoms with van der Waals surface area (Å²) in [5, 5.41) is 0. The highest BCUT2D eigenvalue weighted by atomic mass is 15.0. The van der Waals surface area contributed by atoms with Gasteiger partial charge in [0.15, 0.2) is 0 Å². The van der Waals surface area contributed by atoms with Crippen molar-refractivity contribution in [1.29, 1.82) is 0 Å². The molecule has 0 aliphatic carbocycles. The Bertz CT molecular complexity index is 6920. The van der Waals surface area contributed by atoms with Crippen molar-refractivity contribution in [2.24, 2.45) is 0 Å². The fraction of sp³-hybridized carbons (Fsp3) is 0.387. The average molecular weight is 1800 g/mol. The minimum atomic E-state index is -0.324. The van der Waals surface area contributed by atoms with Crippen LogP contribution in [0.15, 0.2) is 158 Å². The van der Waals surface area contributed by atoms with Gasteiger partial charge in [-0.05, 0) is 238 Å². The number of H-pyrrole nitrogens is 4. The van der Waals surface area contributed by atoms with E-state index in [-0.39, 0.29) is 65.0 Å². The number of anilines is 2. The number of nitrogens with two attached hydrogens (primary N) is 2. The standard InChI is InChI=1S/C124H146N12/c1-113(2,3)73-45-67(46-74(57-73)114(4,5)6)97-91-39-37-85(127-91)63-87-65-89(125)103(129-87)101(71-53-81(121(25,26)27)61-82(54-71)122(28,29)30)107-111-109(105(133-107)99(95-43-41-93(97)131-95)69-49-77(117(13,14)15)59-78(50-69)118(16,17)18)135-112-108-102(72-55-83(123(31,32)33)62-84(56-72)124(34,35)36)104-90(126)66-88(130-104)64-86-38-40-92(128-86)98(68-47-75(115(7,8)9)58-76(48-68)116(10,11)12)94-42-44-96(132-94)100(106(134-108)110(112)136-111)70-51-79(119(19,20)21)60-80(52-70)120(22,23)24/h37-66,129-132H,125-126H2,1-36H3. The van der Waals surface area contributed by atoms with Crippen molar-refractivity contribution < 1.29 is 0 Å². The van der Waals surface area contributed by atoms with Crippen LogP contribution in [0.3, 0.4) is 0 Å². The number of aromatic amines is 4. The van der Waals surface area contributed by atoms with E-state index in [4.69, 9.17) is 41.4 Å². The van der Waals surface area contributed by atoms with E-state index in [0.29, 0.717) is 68.0 Å². The van der Waals surface area contributed by atoms with Crippen LogP contribution in [0.2, 0.25) is 0 Å². The van der Waals surface area contributed by atoms with Crippen LogP contribution in [-0.2, 0) is 65.0 Å². The normalized spacial score (nSPS) is 13.7. The number of fused-ring (bicyclic) bond motifs is 22. The topological polar surface area (TPSA) is 193 Å². The minimum absolute atomic E-state index is 0.204. The molecular weight excluding hydrogens is 1660 g/mol. The zero-order valence-electron chi connectivity index (χ0n) is 88.2. The zero-order valence-corrected chi connectivity index (χ0v) is 88.2. The molecule has 0 saturated heterocycles. The van der Waals surface area contributed by atoms with Crippen LogP contribution in [0.5, 0.6) is 0 Å². The number of hydrogen-bond acceptors (Lipinski definition) is 8. The van der Waals surface area contributed by atoms with Crippen molar-refractivity contribution in [2.75, 3.05) is 11.5 Å². The third kappa shape index (κ3) is 18.3. The second-order valence-electron chi connectivity index (χ2n) is 51.8. The fourth-order valence-electron chi connectivity index (χ4n) is 19.0. The molecule has 16 bridgehead atoms. The molecule has 17 rings (SSSR count). The Labute approximate surface area is 809 Å². The van der Waals surface area contributed by atoms with Crippen molar-refractivity contribution in [3.8, 4) is 112 Å². The maximum Gasteiger partial charge on any atom is 0.118 e. The molecule has 0 saturated carbocycles. The quantitative estimate of drug-likeness (QED) is 0.0947. The molecule has 4 aliphatic heterocycles. The monoisotopic (exact) mass is 1800 g/mol. The second-order valence-corrected chi connectivity index (χ2v) is 51.8. The van der Waals surface area contributed by atoms with Crippen LogP contribution >= 0.6 is 0 Å². The number of nitrogen functional groups attached to an aromatic ring is 2. The highest BCUT2D eigenvalue weighted by Crippen LogP contribution is 2.55. The number of hydrogen-bond donors (Lipinski definition) is 6. The summed E-state index contributed by atoms with van der Waals surface area (Å²) in [6, 6.07) is 60.5. The molecule has 8 N–H and O–H groups in total. The Balaban J connectivity index is 1.18. The Hall–Kier alpha value is -12.3. The van der Waals surface area contributed by atoms with Gasteiger partial charge in [0.25, 0.3) is 0 Å². The van der Waals surface area contributed by atoms with E-state index >= 15 is 0 Å². The maximum absolute atomic E-state index is 7.97. The van der Waals surface area contributed by atoms with Crippen molar-refractivity contribution >= 4 is 79.8 Å². The Morgan fingerprint density at radius 2 is 0.368 bits per heavy atom. The van der Waals surface area contributed by atoms with E-state index in [1.165, 1.54) is 44.5 Å². The van der Waals surface area contributed by atoms with Crippen molar-refractivity contribution in [3.63, 3.8) is 0 Å². The van der Waals surface area contributed by atoms with Gasteiger partial charge < -0.3 is 31.4 Å². The summed E-state index contributed by atoms with van der Waals surface area (Å²) in [7, 11) is 0. The average Bonchev–Trinajstić information content (AvgIpc) is 1.55. The molecule has 12 nitrogen and oxygen atoms in total. The highest BCUT2D eigenvalue weighted by molar-refractivity contribution is 6.10. The predicted molar refractivity (Wildman–Crippen MR) is 584 cm³/mol. The Morgan fingerprint density at radius 3 is 0.581 bits per heavy atom. The lowest BCUT2D eigenvalue weighted by Gasteiger charge is -2.26. The van der Waals surface area contributed by atoms with Gasteiger partial charge in [-0.15, -0.1) is 0 Å². The smallest absolute Gasteiger partial charge is 0.118 e. The number of rotatable bonds is 6. The first-order valence-electron chi connectivity index (χ1n) is 49.1. The molecule has 0 amide bonds. The van der Waals surface area contributed by atoms with Gasteiger partial charge in [-0.25, -0.2) is 29.9 Å². The summed E-state index contributed by atoms with van der Waals surface area (Å²) in [6.45, 7) is 83.2. The molecule has 0 radical (unpaired) electrons. The summed E-state index contributed by atoms with van der Waals surface area (Å²) in [4.78, 5) is 54.5. The van der Waals surface area contributed by atoms with Crippen LogP contribution in [0.25, 0.3) is 181 Å². The van der Waals surface area contributed by atoms with Crippen LogP contribution in [-0.4, -0.2) is 49.8 Å². The molecule has 702 valence electrons. The van der Waals surface area contributed by atoms with Crippen molar-refractivity contribution in [2.45, 2.75) is 314 Å². The van der Waals surface area contributed by atoms with Crippen LogP contribution in [0.4, 0.5) is 11.4 Å². The first-order valence-corrected chi connectivity index (χ1v) is 49.1. The van der Waals surface area contributed by atoms with Gasteiger partial charge >= 0.3 is 0 Å². The molecule has 4 aliphatic rings. The molecule has 136 heavy (non-hydrogen) atoms. The van der Waals surface area contributed by atoms with Crippen LogP contribution in [0, 0.1) is 0 Å². The van der Waals surface area contributed by atoms with Gasteiger partial charge in [-0.2, -0.15) is 0 Å². The van der Waals surface area contributed by atoms with E-state index in [9.17, 15) is 0 Å². The van der Waals surface area contributed by atoms with Gasteiger partial charge in [0.1, 0.15) is 45.6 Å². The summed E-state index contributed by atoms with van der Waals surface area (Å²) in [5.74, 6) is 0. The molecule has 0 atom stereocenters. The number of nitrogens with zero attached hydrogens (tertiary/aromatic N) is 6. The highest BCUT2D eigenvalue weighted by Gasteiger charge is 2.40. The summed E-state index contributed by atoms with van der Waals surface area (Å²) in [6.07, 6.45) is 8.62. The summed E-state index contributed by atoms with van der Waals surface area (Å²) >= 11 is 0. The van der Waals surface area contributed by atoms with E-state index in [0.717, 1.165) is 145 Å². The van der Waals surface area contributed by atoms with Gasteiger partial charge in [0, 0.05) is 66.5 Å². The molecule has 13 aromatic rings. The Morgan fingerprint density at radius 1 is 0.184 bits per heavy atom. The SMILES string of the molecule is CC(C)(C)c1cc(-c2c3nc(cc4cc(N)c([nH]4)c(-c4cc(C(C)(C)C)cc(C(C)(C)C)c4)c4nc(c(-c5cc(C(C)(C)C)cc(C(C)(C)C)c5)c5ccc2[nH]5)-c2nc5c(nc2-4)-c2nc-5c(-c4cc(C(C)(C)C)cc(C(C)(C)C)c4)c4[nH]c(cc5nc(c(-c6cc(C(C)(C)C)cc(C(C)(C)C)c6)c6ccc([nH]6)c2-c2cc(C(C)(C)C)cc(C(C)(C)C)c2)C=C5)cc4N)C=C3)cc(C(C)(C)C)c1. The van der Waals surface area contributed by atoms with E-state index < -0.39 is 0 Å². The Kier molecular flexibility index (Phi) is 22.6. The lowest BCUT2D eigenvalue weighted by molar-refractivity contribution is 0.568. The molecule has 11 heterocycles. The second kappa shape index (κ2) is 32.2. The largest absolute Gasteiger partial charge is 0.397 e. The number of benzene rings is 6. The minimum Gasteiger partial charge on any atom is -0.397 e. The molecule has 6 aromatic carbocycles. The third-order valence-electron chi connectivity index (χ3n) is 28.0. The van der Waals surface area contributed by atoms with Gasteiger partial charge in [-0.1, -0.05) is 358 Å². The van der Waals surface area contributed by atoms with Gasteiger partial charge in [0.05, 0.1) is 45.2 Å². The molecule has 0 spiro atoms. The number of nitrogens with one attached hydrogen (secondary N) is 4. The lowest BCUT2D eigenvalue weighted by Crippen LogP contribution is -2.16. The molecule has 0 fully saturated rings. The van der Waals surface area contributed by atoms with E-state index in [1.54, 1.807) is 0 Å². The van der Waals surface area contributed by atoms with Gasteiger partial charge in [-0.3, -0.25) is 0 Å². The van der Waals surface area contributed by atoms with Crippen molar-refractivity contribution in [3.05, 3.63) is 247 Å². The molecule has 12 heteroatoms. The predicted octanol–water partition coefficient (Wildman–Crippen LogP) is 33.5. The maximum atomic E-state index is 7.97. The molecular formula is C124H146N12. The van der Waals surface area contributed by atoms with Gasteiger partial charge in [0.2, 0.25) is 0 Å². The third-order valence-corrected chi connectivity index (χ3v) is 28.0.